The number of rotatable bonds is 3. The van der Waals surface area contributed by atoms with Crippen LogP contribution in [0.1, 0.15) is 11.1 Å². The van der Waals surface area contributed by atoms with Gasteiger partial charge in [0.15, 0.2) is 0 Å². The lowest BCUT2D eigenvalue weighted by molar-refractivity contribution is 0.669. The van der Waals surface area contributed by atoms with Gasteiger partial charge < -0.3 is 4.42 Å². The maximum atomic E-state index is 6.54. The van der Waals surface area contributed by atoms with Crippen LogP contribution < -0.4 is 0 Å². The lowest BCUT2D eigenvalue weighted by Crippen LogP contribution is -1.92. The van der Waals surface area contributed by atoms with E-state index >= 15 is 0 Å². The number of fused-ring (bicyclic) bond motifs is 3. The van der Waals surface area contributed by atoms with E-state index in [1.807, 2.05) is 48.5 Å². The highest BCUT2D eigenvalue weighted by atomic mass is 35.5. The van der Waals surface area contributed by atoms with Gasteiger partial charge in [0.2, 0.25) is 0 Å². The second-order valence-electron chi connectivity index (χ2n) is 6.90. The smallest absolute Gasteiger partial charge is 0.135 e. The molecule has 3 heteroatoms. The van der Waals surface area contributed by atoms with Crippen LogP contribution in [0.25, 0.3) is 33.1 Å². The Morgan fingerprint density at radius 2 is 1.39 bits per heavy atom. The van der Waals surface area contributed by atoms with E-state index < -0.39 is 0 Å². The number of hydrogen-bond donors (Lipinski definition) is 0. The molecular formula is C25H16Cl2O. The minimum Gasteiger partial charge on any atom is -0.456 e. The molecule has 0 bridgehead atoms. The fourth-order valence-corrected chi connectivity index (χ4v) is 4.09. The molecule has 4 aromatic carbocycles. The first-order chi connectivity index (χ1) is 13.7. The highest BCUT2D eigenvalue weighted by Gasteiger charge is 2.12. The van der Waals surface area contributed by atoms with Crippen molar-refractivity contribution in [3.05, 3.63) is 106 Å². The molecule has 0 aliphatic rings. The summed E-state index contributed by atoms with van der Waals surface area (Å²) in [5.74, 6) is 0. The van der Waals surface area contributed by atoms with E-state index in [1.165, 1.54) is 5.56 Å². The molecular weight excluding hydrogens is 387 g/mol. The van der Waals surface area contributed by atoms with Crippen molar-refractivity contribution >= 4 is 45.1 Å². The number of halogens is 2. The maximum absolute atomic E-state index is 6.54. The quantitative estimate of drug-likeness (QED) is 0.296. The lowest BCUT2D eigenvalue weighted by atomic mass is 9.98. The van der Waals surface area contributed by atoms with Crippen molar-refractivity contribution in [1.82, 2.24) is 0 Å². The Bertz CT molecular complexity index is 1300. The highest BCUT2D eigenvalue weighted by molar-refractivity contribution is 6.42. The van der Waals surface area contributed by atoms with Crippen LogP contribution in [0.3, 0.4) is 0 Å². The Kier molecular flexibility index (Phi) is 4.35. The van der Waals surface area contributed by atoms with Crippen molar-refractivity contribution in [2.45, 2.75) is 6.42 Å². The molecule has 5 rings (SSSR count). The van der Waals surface area contributed by atoms with Crippen molar-refractivity contribution in [3.8, 4) is 11.1 Å². The molecule has 0 atom stereocenters. The molecule has 0 unspecified atom stereocenters. The van der Waals surface area contributed by atoms with Gasteiger partial charge in [0.1, 0.15) is 11.2 Å². The molecule has 0 spiro atoms. The highest BCUT2D eigenvalue weighted by Crippen LogP contribution is 2.35. The van der Waals surface area contributed by atoms with Crippen LogP contribution in [0.4, 0.5) is 0 Å². The zero-order valence-electron chi connectivity index (χ0n) is 15.0. The predicted molar refractivity (Wildman–Crippen MR) is 118 cm³/mol. The van der Waals surface area contributed by atoms with E-state index in [9.17, 15) is 0 Å². The van der Waals surface area contributed by atoms with E-state index in [1.54, 1.807) is 0 Å². The van der Waals surface area contributed by atoms with Gasteiger partial charge in [-0.1, -0.05) is 77.8 Å². The summed E-state index contributed by atoms with van der Waals surface area (Å²) in [5, 5.41) is 3.43. The van der Waals surface area contributed by atoms with E-state index in [2.05, 4.69) is 36.4 Å². The van der Waals surface area contributed by atoms with E-state index in [0.717, 1.165) is 38.6 Å². The van der Waals surface area contributed by atoms with Crippen LogP contribution in [0.2, 0.25) is 10.0 Å². The Morgan fingerprint density at radius 3 is 2.25 bits per heavy atom. The Hall–Kier alpha value is -2.74. The average molecular weight is 403 g/mol. The van der Waals surface area contributed by atoms with Gasteiger partial charge in [-0.15, -0.1) is 0 Å². The summed E-state index contributed by atoms with van der Waals surface area (Å²) in [6.07, 6.45) is 0.703. The fraction of sp³-hybridized carbons (Fsp3) is 0.0400. The van der Waals surface area contributed by atoms with Gasteiger partial charge >= 0.3 is 0 Å². The molecule has 1 nitrogen and oxygen atoms in total. The first-order valence-corrected chi connectivity index (χ1v) is 9.88. The van der Waals surface area contributed by atoms with Crippen molar-refractivity contribution in [2.24, 2.45) is 0 Å². The molecule has 0 amide bonds. The number of benzene rings is 4. The molecule has 0 N–H and O–H groups in total. The largest absolute Gasteiger partial charge is 0.456 e. The standard InChI is InChI=1S/C25H16Cl2O/c26-22-15-18(17-6-2-1-3-7-17)14-19(25(22)27)12-16-10-11-24-21(13-16)20-8-4-5-9-23(20)28-24/h1-11,13-15H,12H2. The zero-order valence-corrected chi connectivity index (χ0v) is 16.5. The average Bonchev–Trinajstić information content (AvgIpc) is 3.10. The maximum Gasteiger partial charge on any atom is 0.135 e. The van der Waals surface area contributed by atoms with Gasteiger partial charge in [0.05, 0.1) is 10.0 Å². The molecule has 0 radical (unpaired) electrons. The summed E-state index contributed by atoms with van der Waals surface area (Å²) in [5.41, 5.74) is 6.18. The summed E-state index contributed by atoms with van der Waals surface area (Å²) in [7, 11) is 0. The molecule has 28 heavy (non-hydrogen) atoms. The molecule has 0 fully saturated rings. The van der Waals surface area contributed by atoms with E-state index in [4.69, 9.17) is 27.6 Å². The summed E-state index contributed by atoms with van der Waals surface area (Å²) in [4.78, 5) is 0. The summed E-state index contributed by atoms with van der Waals surface area (Å²) >= 11 is 13.0. The van der Waals surface area contributed by atoms with Crippen LogP contribution in [0.5, 0.6) is 0 Å². The minimum absolute atomic E-state index is 0.577. The van der Waals surface area contributed by atoms with Gasteiger partial charge in [-0.25, -0.2) is 0 Å². The third kappa shape index (κ3) is 3.07. The van der Waals surface area contributed by atoms with Crippen LogP contribution in [-0.4, -0.2) is 0 Å². The molecule has 0 aliphatic heterocycles. The molecule has 1 aromatic heterocycles. The summed E-state index contributed by atoms with van der Waals surface area (Å²) in [6, 6.07) is 28.7. The van der Waals surface area contributed by atoms with E-state index in [-0.39, 0.29) is 0 Å². The Labute approximate surface area is 173 Å². The van der Waals surface area contributed by atoms with Crippen molar-refractivity contribution in [1.29, 1.82) is 0 Å². The second-order valence-corrected chi connectivity index (χ2v) is 7.69. The predicted octanol–water partition coefficient (Wildman–Crippen LogP) is 8.15. The summed E-state index contributed by atoms with van der Waals surface area (Å²) in [6.45, 7) is 0. The second kappa shape index (κ2) is 7.01. The lowest BCUT2D eigenvalue weighted by Gasteiger charge is -2.11. The fourth-order valence-electron chi connectivity index (χ4n) is 3.68. The van der Waals surface area contributed by atoms with Crippen LogP contribution in [0.15, 0.2) is 89.3 Å². The number of furan rings is 1. The van der Waals surface area contributed by atoms with Gasteiger partial charge in [-0.05, 0) is 59.0 Å². The third-order valence-corrected chi connectivity index (χ3v) is 5.89. The number of hydrogen-bond acceptors (Lipinski definition) is 1. The van der Waals surface area contributed by atoms with Crippen LogP contribution in [-0.2, 0) is 6.42 Å². The molecule has 0 saturated heterocycles. The first kappa shape index (κ1) is 17.4. The SMILES string of the molecule is Clc1cc(-c2ccccc2)cc(Cc2ccc3oc4ccccc4c3c2)c1Cl. The Balaban J connectivity index is 1.59. The topological polar surface area (TPSA) is 13.1 Å². The van der Waals surface area contributed by atoms with Crippen LogP contribution in [0, 0.1) is 0 Å². The van der Waals surface area contributed by atoms with Gasteiger partial charge in [0, 0.05) is 10.8 Å². The summed E-state index contributed by atoms with van der Waals surface area (Å²) < 4.78 is 5.93. The Morgan fingerprint density at radius 1 is 0.643 bits per heavy atom. The van der Waals surface area contributed by atoms with Gasteiger partial charge in [-0.3, -0.25) is 0 Å². The van der Waals surface area contributed by atoms with Gasteiger partial charge in [-0.2, -0.15) is 0 Å². The van der Waals surface area contributed by atoms with E-state index in [0.29, 0.717) is 16.5 Å². The van der Waals surface area contributed by atoms with Crippen molar-refractivity contribution < 1.29 is 4.42 Å². The zero-order chi connectivity index (χ0) is 19.1. The molecule has 1 heterocycles. The third-order valence-electron chi connectivity index (χ3n) is 5.05. The first-order valence-electron chi connectivity index (χ1n) is 9.12. The minimum atomic E-state index is 0.577. The monoisotopic (exact) mass is 402 g/mol. The van der Waals surface area contributed by atoms with Crippen molar-refractivity contribution in [2.75, 3.05) is 0 Å². The normalized spacial score (nSPS) is 11.4. The molecule has 0 aliphatic carbocycles. The van der Waals surface area contributed by atoms with Gasteiger partial charge in [0.25, 0.3) is 0 Å². The molecule has 5 aromatic rings. The molecule has 0 saturated carbocycles. The van der Waals surface area contributed by atoms with Crippen molar-refractivity contribution in [3.63, 3.8) is 0 Å². The van der Waals surface area contributed by atoms with Crippen LogP contribution >= 0.6 is 23.2 Å². The molecule has 136 valence electrons. The number of para-hydroxylation sites is 1.